The maximum atomic E-state index is 13.2. The van der Waals surface area contributed by atoms with E-state index in [2.05, 4.69) is 20.9 Å². The van der Waals surface area contributed by atoms with Crippen LogP contribution in [0.25, 0.3) is 17.3 Å². The van der Waals surface area contributed by atoms with Crippen molar-refractivity contribution in [1.82, 2.24) is 10.3 Å². The molecule has 2 heterocycles. The van der Waals surface area contributed by atoms with Crippen molar-refractivity contribution in [2.75, 3.05) is 16.4 Å². The van der Waals surface area contributed by atoms with Gasteiger partial charge >= 0.3 is 0 Å². The number of nitrogens with one attached hydrogen (secondary N) is 3. The van der Waals surface area contributed by atoms with Crippen molar-refractivity contribution in [3.8, 4) is 11.3 Å². The molecule has 0 atom stereocenters. The van der Waals surface area contributed by atoms with Gasteiger partial charge in [-0.3, -0.25) is 14.4 Å². The molecule has 42 heavy (non-hydrogen) atoms. The van der Waals surface area contributed by atoms with Gasteiger partial charge in [0, 0.05) is 32.0 Å². The summed E-state index contributed by atoms with van der Waals surface area (Å²) in [6.07, 6.45) is 1.65. The third-order valence-electron chi connectivity index (χ3n) is 5.92. The van der Waals surface area contributed by atoms with Crippen molar-refractivity contribution >= 4 is 69.1 Å². The minimum atomic E-state index is -0.458. The molecule has 0 spiro atoms. The summed E-state index contributed by atoms with van der Waals surface area (Å²) in [6.45, 7) is 2.03. The molecule has 0 saturated carbocycles. The van der Waals surface area contributed by atoms with Crippen LogP contribution in [0.5, 0.6) is 0 Å². The number of nitrogens with zero attached hydrogens (tertiary/aromatic N) is 1. The number of aromatic nitrogens is 1. The average Bonchev–Trinajstić information content (AvgIpc) is 3.69. The van der Waals surface area contributed by atoms with Gasteiger partial charge in [0.25, 0.3) is 11.8 Å². The summed E-state index contributed by atoms with van der Waals surface area (Å²) < 4.78 is 0. The standard InChI is InChI=1S/C32H26N4O3S3/c1-21-12-14-22(15-13-21)28-19-42-32(35-28)36-29(37)20-41-25-10-5-9-24(17-25)33-31(39)27(18-26-11-6-16-40-26)34-30(38)23-7-3-2-4-8-23/h2-19H,20H2,1H3,(H,33,39)(H,34,38)(H,35,36,37)/b27-18-. The van der Waals surface area contributed by atoms with Crippen LogP contribution in [-0.4, -0.2) is 28.5 Å². The number of thiazole rings is 1. The number of thioether (sulfide) groups is 1. The minimum Gasteiger partial charge on any atom is -0.321 e. The Balaban J connectivity index is 1.19. The van der Waals surface area contributed by atoms with Gasteiger partial charge in [-0.05, 0) is 54.8 Å². The largest absolute Gasteiger partial charge is 0.321 e. The highest BCUT2D eigenvalue weighted by molar-refractivity contribution is 8.00. The summed E-state index contributed by atoms with van der Waals surface area (Å²) in [7, 11) is 0. The molecular formula is C32H26N4O3S3. The summed E-state index contributed by atoms with van der Waals surface area (Å²) in [5, 5.41) is 12.8. The van der Waals surface area contributed by atoms with Crippen molar-refractivity contribution in [1.29, 1.82) is 0 Å². The monoisotopic (exact) mass is 610 g/mol. The Morgan fingerprint density at radius 2 is 1.69 bits per heavy atom. The van der Waals surface area contributed by atoms with Crippen LogP contribution in [0, 0.1) is 6.92 Å². The number of hydrogen-bond acceptors (Lipinski definition) is 7. The highest BCUT2D eigenvalue weighted by Gasteiger charge is 2.16. The third-order valence-corrected chi connectivity index (χ3v) is 8.49. The molecule has 3 N–H and O–H groups in total. The Kier molecular flexibility index (Phi) is 9.60. The Labute approximate surface area is 255 Å². The third kappa shape index (κ3) is 8.03. The van der Waals surface area contributed by atoms with Crippen LogP contribution < -0.4 is 16.0 Å². The fourth-order valence-electron chi connectivity index (χ4n) is 3.81. The average molecular weight is 611 g/mol. The molecule has 0 fully saturated rings. The predicted molar refractivity (Wildman–Crippen MR) is 173 cm³/mol. The van der Waals surface area contributed by atoms with Crippen molar-refractivity contribution in [2.24, 2.45) is 0 Å². The van der Waals surface area contributed by atoms with Gasteiger partial charge in [0.05, 0.1) is 11.4 Å². The summed E-state index contributed by atoms with van der Waals surface area (Å²) in [5.41, 5.74) is 4.10. The van der Waals surface area contributed by atoms with Gasteiger partial charge in [-0.15, -0.1) is 34.4 Å². The molecule has 7 nitrogen and oxygen atoms in total. The Morgan fingerprint density at radius 1 is 0.881 bits per heavy atom. The highest BCUT2D eigenvalue weighted by Crippen LogP contribution is 2.26. The number of carbonyl (C=O) groups excluding carboxylic acids is 3. The zero-order valence-corrected chi connectivity index (χ0v) is 24.9. The van der Waals surface area contributed by atoms with Crippen LogP contribution in [0.3, 0.4) is 0 Å². The summed E-state index contributed by atoms with van der Waals surface area (Å²) in [6, 6.07) is 27.8. The molecule has 0 aliphatic carbocycles. The van der Waals surface area contributed by atoms with Gasteiger partial charge in [0.15, 0.2) is 5.13 Å². The smallest absolute Gasteiger partial charge is 0.272 e. The number of hydrogen-bond donors (Lipinski definition) is 3. The van der Waals surface area contributed by atoms with Crippen LogP contribution in [0.4, 0.5) is 10.8 Å². The van der Waals surface area contributed by atoms with E-state index in [9.17, 15) is 14.4 Å². The topological polar surface area (TPSA) is 100 Å². The molecule has 0 aliphatic rings. The van der Waals surface area contributed by atoms with E-state index < -0.39 is 5.91 Å². The first-order valence-corrected chi connectivity index (χ1v) is 15.7. The van der Waals surface area contributed by atoms with Crippen molar-refractivity contribution in [3.63, 3.8) is 0 Å². The molecule has 0 bridgehead atoms. The number of rotatable bonds is 10. The van der Waals surface area contributed by atoms with Crippen molar-refractivity contribution in [2.45, 2.75) is 11.8 Å². The maximum absolute atomic E-state index is 13.2. The summed E-state index contributed by atoms with van der Waals surface area (Å²) in [4.78, 5) is 44.8. The molecule has 0 unspecified atom stereocenters. The van der Waals surface area contributed by atoms with Crippen molar-refractivity contribution < 1.29 is 14.4 Å². The van der Waals surface area contributed by atoms with Gasteiger partial charge in [0.1, 0.15) is 5.70 Å². The van der Waals surface area contributed by atoms with Gasteiger partial charge in [-0.25, -0.2) is 4.98 Å². The van der Waals surface area contributed by atoms with E-state index in [4.69, 9.17) is 0 Å². The first-order chi connectivity index (χ1) is 20.4. The normalized spacial score (nSPS) is 11.1. The zero-order chi connectivity index (χ0) is 29.3. The van der Waals surface area contributed by atoms with Crippen LogP contribution in [0.15, 0.2) is 112 Å². The van der Waals surface area contributed by atoms with E-state index in [1.165, 1.54) is 40.0 Å². The van der Waals surface area contributed by atoms with Gasteiger partial charge in [-0.1, -0.05) is 60.2 Å². The number of aryl methyl sites for hydroxylation is 1. The molecule has 3 amide bonds. The lowest BCUT2D eigenvalue weighted by atomic mass is 10.1. The molecule has 210 valence electrons. The second-order valence-electron chi connectivity index (χ2n) is 9.12. The van der Waals surface area contributed by atoms with Crippen molar-refractivity contribution in [3.05, 3.63) is 123 Å². The van der Waals surface area contributed by atoms with E-state index in [1.54, 1.807) is 48.5 Å². The highest BCUT2D eigenvalue weighted by atomic mass is 32.2. The quantitative estimate of drug-likeness (QED) is 0.114. The molecule has 0 saturated heterocycles. The fraction of sp³-hybridized carbons (Fsp3) is 0.0625. The Hall–Kier alpha value is -4.51. The first kappa shape index (κ1) is 29.0. The summed E-state index contributed by atoms with van der Waals surface area (Å²) in [5.74, 6) is -0.840. The lowest BCUT2D eigenvalue weighted by Crippen LogP contribution is -2.30. The number of thiophene rings is 1. The number of anilines is 2. The molecule has 3 aromatic carbocycles. The number of amides is 3. The van der Waals surface area contributed by atoms with Crippen LogP contribution in [0.2, 0.25) is 0 Å². The van der Waals surface area contributed by atoms with Gasteiger partial charge in [0.2, 0.25) is 5.91 Å². The van der Waals surface area contributed by atoms with Gasteiger partial charge in [-0.2, -0.15) is 0 Å². The summed E-state index contributed by atoms with van der Waals surface area (Å²) >= 11 is 4.18. The van der Waals surface area contributed by atoms with E-state index in [0.717, 1.165) is 21.0 Å². The van der Waals surface area contributed by atoms with Crippen LogP contribution in [0.1, 0.15) is 20.8 Å². The zero-order valence-electron chi connectivity index (χ0n) is 22.5. The van der Waals surface area contributed by atoms with Gasteiger partial charge < -0.3 is 16.0 Å². The molecule has 5 aromatic rings. The second kappa shape index (κ2) is 13.9. The SMILES string of the molecule is Cc1ccc(-c2csc(NC(=O)CSc3cccc(NC(=O)/C(=C/c4cccs4)NC(=O)c4ccccc4)c3)n2)cc1. The number of carbonyl (C=O) groups is 3. The lowest BCUT2D eigenvalue weighted by molar-refractivity contribution is -0.114. The lowest BCUT2D eigenvalue weighted by Gasteiger charge is -2.12. The Morgan fingerprint density at radius 3 is 2.45 bits per heavy atom. The minimum absolute atomic E-state index is 0.122. The predicted octanol–water partition coefficient (Wildman–Crippen LogP) is 7.32. The maximum Gasteiger partial charge on any atom is 0.272 e. The molecule has 0 radical (unpaired) electrons. The van der Waals surface area contributed by atoms with E-state index in [0.29, 0.717) is 16.4 Å². The molecule has 10 heteroatoms. The first-order valence-electron chi connectivity index (χ1n) is 12.9. The van der Waals surface area contributed by atoms with E-state index >= 15 is 0 Å². The van der Waals surface area contributed by atoms with E-state index in [1.807, 2.05) is 66.2 Å². The molecule has 0 aliphatic heterocycles. The Bertz CT molecular complexity index is 1710. The number of benzene rings is 3. The molecule has 5 rings (SSSR count). The van der Waals surface area contributed by atoms with Crippen LogP contribution >= 0.6 is 34.4 Å². The van der Waals surface area contributed by atoms with E-state index in [-0.39, 0.29) is 23.3 Å². The second-order valence-corrected chi connectivity index (χ2v) is 12.0. The molecule has 2 aromatic heterocycles. The molecular weight excluding hydrogens is 585 g/mol. The van der Waals surface area contributed by atoms with Crippen LogP contribution in [-0.2, 0) is 9.59 Å². The fourth-order valence-corrected chi connectivity index (χ4v) is 5.96.